The van der Waals surface area contributed by atoms with Gasteiger partial charge in [-0.25, -0.2) is 9.98 Å². The SMILES string of the molecule is C=CC[Si](C)(C)c1ccc(C[C@@H]2N=C(OCC)[C@@H](C(C)C)N=C2OCC)cc1. The summed E-state index contributed by atoms with van der Waals surface area (Å²) < 4.78 is 11.7. The number of hydrogen-bond acceptors (Lipinski definition) is 4. The molecule has 2 rings (SSSR count). The molecule has 28 heavy (non-hydrogen) atoms. The maximum absolute atomic E-state index is 5.87. The van der Waals surface area contributed by atoms with Gasteiger partial charge in [-0.15, -0.1) is 6.58 Å². The first-order valence-corrected chi connectivity index (χ1v) is 13.6. The lowest BCUT2D eigenvalue weighted by molar-refractivity contribution is 0.276. The maximum atomic E-state index is 5.87. The number of ether oxygens (including phenoxy) is 2. The third-order valence-corrected chi connectivity index (χ3v) is 8.33. The van der Waals surface area contributed by atoms with E-state index >= 15 is 0 Å². The van der Waals surface area contributed by atoms with Crippen LogP contribution < -0.4 is 5.19 Å². The molecule has 154 valence electrons. The van der Waals surface area contributed by atoms with Crippen LogP contribution in [-0.4, -0.2) is 45.2 Å². The molecular formula is C23H36N2O2Si. The lowest BCUT2D eigenvalue weighted by atomic mass is 10.0. The summed E-state index contributed by atoms with van der Waals surface area (Å²) in [5.74, 6) is 1.79. The Balaban J connectivity index is 2.24. The van der Waals surface area contributed by atoms with Crippen LogP contribution in [0.2, 0.25) is 19.1 Å². The second-order valence-corrected chi connectivity index (χ2v) is 13.0. The van der Waals surface area contributed by atoms with Crippen LogP contribution in [0, 0.1) is 5.92 Å². The summed E-state index contributed by atoms with van der Waals surface area (Å²) in [5.41, 5.74) is 1.24. The molecule has 4 nitrogen and oxygen atoms in total. The fraction of sp³-hybridized carbons (Fsp3) is 0.565. The smallest absolute Gasteiger partial charge is 0.210 e. The van der Waals surface area contributed by atoms with E-state index in [1.54, 1.807) is 0 Å². The largest absolute Gasteiger partial charge is 0.480 e. The lowest BCUT2D eigenvalue weighted by Crippen LogP contribution is -2.40. The van der Waals surface area contributed by atoms with Crippen molar-refractivity contribution in [2.75, 3.05) is 13.2 Å². The van der Waals surface area contributed by atoms with Gasteiger partial charge in [0.15, 0.2) is 0 Å². The van der Waals surface area contributed by atoms with Gasteiger partial charge < -0.3 is 9.47 Å². The molecule has 0 aliphatic carbocycles. The highest BCUT2D eigenvalue weighted by Gasteiger charge is 2.31. The van der Waals surface area contributed by atoms with Crippen molar-refractivity contribution in [3.63, 3.8) is 0 Å². The van der Waals surface area contributed by atoms with E-state index < -0.39 is 8.07 Å². The predicted octanol–water partition coefficient (Wildman–Crippen LogP) is 4.61. The van der Waals surface area contributed by atoms with Crippen molar-refractivity contribution < 1.29 is 9.47 Å². The van der Waals surface area contributed by atoms with Crippen molar-refractivity contribution in [3.8, 4) is 0 Å². The highest BCUT2D eigenvalue weighted by molar-refractivity contribution is 6.90. The molecule has 1 aromatic carbocycles. The topological polar surface area (TPSA) is 43.2 Å². The van der Waals surface area contributed by atoms with Crippen molar-refractivity contribution in [2.24, 2.45) is 15.9 Å². The summed E-state index contributed by atoms with van der Waals surface area (Å²) in [5, 5.41) is 1.46. The molecule has 5 heteroatoms. The van der Waals surface area contributed by atoms with Gasteiger partial charge in [0, 0.05) is 6.42 Å². The number of hydrogen-bond donors (Lipinski definition) is 0. The molecule has 0 amide bonds. The highest BCUT2D eigenvalue weighted by atomic mass is 28.3. The van der Waals surface area contributed by atoms with Gasteiger partial charge >= 0.3 is 0 Å². The molecule has 0 N–H and O–H groups in total. The van der Waals surface area contributed by atoms with Crippen LogP contribution in [0.5, 0.6) is 0 Å². The van der Waals surface area contributed by atoms with Crippen LogP contribution in [0.1, 0.15) is 33.3 Å². The molecule has 1 aliphatic rings. The monoisotopic (exact) mass is 400 g/mol. The number of nitrogens with zero attached hydrogens (tertiary/aromatic N) is 2. The first-order chi connectivity index (χ1) is 13.3. The third-order valence-electron chi connectivity index (χ3n) is 5.12. The Morgan fingerprint density at radius 3 is 2.18 bits per heavy atom. The number of rotatable bonds is 8. The molecule has 0 radical (unpaired) electrons. The van der Waals surface area contributed by atoms with Gasteiger partial charge in [-0.05, 0) is 31.4 Å². The summed E-state index contributed by atoms with van der Waals surface area (Å²) in [6.45, 7) is 18.1. The van der Waals surface area contributed by atoms with E-state index in [4.69, 9.17) is 19.5 Å². The lowest BCUT2D eigenvalue weighted by Gasteiger charge is -2.28. The second-order valence-electron chi connectivity index (χ2n) is 8.28. The Morgan fingerprint density at radius 1 is 1.04 bits per heavy atom. The van der Waals surface area contributed by atoms with E-state index in [0.717, 1.165) is 24.3 Å². The molecule has 0 spiro atoms. The van der Waals surface area contributed by atoms with Crippen LogP contribution in [-0.2, 0) is 15.9 Å². The van der Waals surface area contributed by atoms with Gasteiger partial charge in [-0.1, -0.05) is 62.5 Å². The van der Waals surface area contributed by atoms with Gasteiger partial charge in [0.25, 0.3) is 0 Å². The second kappa shape index (κ2) is 10.1. The first-order valence-electron chi connectivity index (χ1n) is 10.4. The molecule has 0 saturated heterocycles. The fourth-order valence-electron chi connectivity index (χ4n) is 3.48. The van der Waals surface area contributed by atoms with Gasteiger partial charge in [0.1, 0.15) is 12.1 Å². The Labute approximate surface area is 171 Å². The number of allylic oxidation sites excluding steroid dienone is 1. The van der Waals surface area contributed by atoms with E-state index in [0.29, 0.717) is 19.1 Å². The molecule has 0 unspecified atom stereocenters. The van der Waals surface area contributed by atoms with Crippen molar-refractivity contribution in [1.29, 1.82) is 0 Å². The zero-order chi connectivity index (χ0) is 20.7. The van der Waals surface area contributed by atoms with Crippen molar-refractivity contribution >= 4 is 25.1 Å². The predicted molar refractivity (Wildman–Crippen MR) is 123 cm³/mol. The van der Waals surface area contributed by atoms with E-state index in [2.05, 4.69) is 57.8 Å². The Morgan fingerprint density at radius 2 is 1.64 bits per heavy atom. The summed E-state index contributed by atoms with van der Waals surface area (Å²) >= 11 is 0. The summed E-state index contributed by atoms with van der Waals surface area (Å²) in [6.07, 6.45) is 2.81. The molecular weight excluding hydrogens is 364 g/mol. The van der Waals surface area contributed by atoms with Gasteiger partial charge in [-0.3, -0.25) is 0 Å². The maximum Gasteiger partial charge on any atom is 0.210 e. The quantitative estimate of drug-likeness (QED) is 0.472. The van der Waals surface area contributed by atoms with E-state index in [1.807, 2.05) is 19.9 Å². The number of benzene rings is 1. The average Bonchev–Trinajstić information content (AvgIpc) is 2.64. The minimum Gasteiger partial charge on any atom is -0.480 e. The van der Waals surface area contributed by atoms with Crippen LogP contribution in [0.25, 0.3) is 0 Å². The number of aliphatic imine (C=N–C) groups is 2. The molecule has 0 bridgehead atoms. The van der Waals surface area contributed by atoms with Crippen molar-refractivity contribution in [2.45, 2.75) is 65.3 Å². The van der Waals surface area contributed by atoms with E-state index in [9.17, 15) is 0 Å². The van der Waals surface area contributed by atoms with Crippen LogP contribution >= 0.6 is 0 Å². The van der Waals surface area contributed by atoms with Gasteiger partial charge in [-0.2, -0.15) is 0 Å². The summed E-state index contributed by atoms with van der Waals surface area (Å²) in [4.78, 5) is 9.77. The van der Waals surface area contributed by atoms with Crippen molar-refractivity contribution in [3.05, 3.63) is 42.5 Å². The van der Waals surface area contributed by atoms with Crippen LogP contribution in [0.15, 0.2) is 46.9 Å². The molecule has 1 aromatic rings. The van der Waals surface area contributed by atoms with Gasteiger partial charge in [0.2, 0.25) is 11.8 Å². The summed E-state index contributed by atoms with van der Waals surface area (Å²) in [6, 6.07) is 9.90. The van der Waals surface area contributed by atoms with E-state index in [-0.39, 0.29) is 12.1 Å². The first kappa shape index (κ1) is 22.4. The molecule has 0 saturated carbocycles. The standard InChI is InChI=1S/C23H36N2O2Si/c1-8-15-28(6,7)19-13-11-18(12-14-19)16-20-22(26-9-2)25-21(17(4)5)23(24-20)27-10-3/h8,11-14,17,20-21H,1,9-10,15-16H2,2-7H3/t20-,21+/m0/s1. The molecule has 1 heterocycles. The molecule has 2 atom stereocenters. The van der Waals surface area contributed by atoms with E-state index in [1.165, 1.54) is 10.8 Å². The highest BCUT2D eigenvalue weighted by Crippen LogP contribution is 2.21. The minimum absolute atomic E-state index is 0.0640. The zero-order valence-electron chi connectivity index (χ0n) is 18.4. The summed E-state index contributed by atoms with van der Waals surface area (Å²) in [7, 11) is -1.44. The average molecular weight is 401 g/mol. The fourth-order valence-corrected chi connectivity index (χ4v) is 5.50. The molecule has 0 aromatic heterocycles. The Kier molecular flexibility index (Phi) is 8.05. The normalized spacial score (nSPS) is 19.8. The minimum atomic E-state index is -1.44. The van der Waals surface area contributed by atoms with Crippen molar-refractivity contribution in [1.82, 2.24) is 0 Å². The van der Waals surface area contributed by atoms with Crippen LogP contribution in [0.3, 0.4) is 0 Å². The molecule has 1 aliphatic heterocycles. The van der Waals surface area contributed by atoms with Gasteiger partial charge in [0.05, 0.1) is 21.3 Å². The Bertz CT molecular complexity index is 708. The molecule has 0 fully saturated rings. The Hall–Kier alpha value is -1.88. The third kappa shape index (κ3) is 5.57. The van der Waals surface area contributed by atoms with Crippen LogP contribution in [0.4, 0.5) is 0 Å². The zero-order valence-corrected chi connectivity index (χ0v) is 19.4.